The summed E-state index contributed by atoms with van der Waals surface area (Å²) in [6, 6.07) is 9.36. The van der Waals surface area contributed by atoms with Gasteiger partial charge < -0.3 is 20.2 Å². The molecule has 2 aromatic carbocycles. The molecule has 0 radical (unpaired) electrons. The van der Waals surface area contributed by atoms with Gasteiger partial charge in [0, 0.05) is 30.8 Å². The lowest BCUT2D eigenvalue weighted by molar-refractivity contribution is -0.126. The van der Waals surface area contributed by atoms with Gasteiger partial charge in [0.25, 0.3) is 0 Å². The second kappa shape index (κ2) is 8.45. The Labute approximate surface area is 158 Å². The minimum atomic E-state index is -0.0354. The normalized spacial score (nSPS) is 14.9. The quantitative estimate of drug-likeness (QED) is 0.565. The van der Waals surface area contributed by atoms with Gasteiger partial charge in [-0.25, -0.2) is 0 Å². The predicted octanol–water partition coefficient (Wildman–Crippen LogP) is 4.00. The van der Waals surface area contributed by atoms with Crippen LogP contribution in [0.2, 0.25) is 0 Å². The van der Waals surface area contributed by atoms with Crippen molar-refractivity contribution in [1.29, 1.82) is 0 Å². The van der Waals surface area contributed by atoms with Crippen molar-refractivity contribution in [2.24, 2.45) is 0 Å². The Bertz CT molecular complexity index is 860. The van der Waals surface area contributed by atoms with Gasteiger partial charge in [-0.05, 0) is 60.7 Å². The Balaban J connectivity index is 1.74. The van der Waals surface area contributed by atoms with E-state index in [1.807, 2.05) is 4.90 Å². The maximum absolute atomic E-state index is 12.2. The molecule has 140 valence electrons. The minimum absolute atomic E-state index is 0.00935. The number of carbonyl (C=O) groups excluding carboxylic acids is 1. The zero-order valence-corrected chi connectivity index (χ0v) is 15.0. The molecule has 1 amide bonds. The fourth-order valence-electron chi connectivity index (χ4n) is 3.10. The van der Waals surface area contributed by atoms with E-state index in [2.05, 4.69) is 0 Å². The Morgan fingerprint density at radius 3 is 2.22 bits per heavy atom. The first-order valence-electron chi connectivity index (χ1n) is 9.02. The first-order chi connectivity index (χ1) is 13.0. The molecule has 5 heteroatoms. The molecule has 27 heavy (non-hydrogen) atoms. The average Bonchev–Trinajstić information content (AvgIpc) is 2.66. The van der Waals surface area contributed by atoms with E-state index in [0.29, 0.717) is 11.1 Å². The molecule has 2 aromatic rings. The fourth-order valence-corrected chi connectivity index (χ4v) is 3.10. The second-order valence-electron chi connectivity index (χ2n) is 6.65. The Morgan fingerprint density at radius 2 is 1.52 bits per heavy atom. The lowest BCUT2D eigenvalue weighted by atomic mass is 10.1. The third kappa shape index (κ3) is 5.14. The van der Waals surface area contributed by atoms with Crippen molar-refractivity contribution in [3.05, 3.63) is 59.2 Å². The van der Waals surface area contributed by atoms with Gasteiger partial charge in [-0.2, -0.15) is 0 Å². The molecule has 0 spiro atoms. The Morgan fingerprint density at radius 1 is 0.815 bits per heavy atom. The fraction of sp³-hybridized carbons (Fsp3) is 0.227. The molecule has 0 atom stereocenters. The summed E-state index contributed by atoms with van der Waals surface area (Å²) in [5.41, 5.74) is 1.98. The third-order valence-electron chi connectivity index (χ3n) is 4.52. The monoisotopic (exact) mass is 365 g/mol. The van der Waals surface area contributed by atoms with Gasteiger partial charge in [0.15, 0.2) is 0 Å². The highest BCUT2D eigenvalue weighted by molar-refractivity contribution is 5.92. The van der Waals surface area contributed by atoms with Crippen molar-refractivity contribution >= 4 is 24.1 Å². The van der Waals surface area contributed by atoms with Gasteiger partial charge in [-0.3, -0.25) is 4.79 Å². The zero-order chi connectivity index (χ0) is 19.2. The molecule has 1 heterocycles. The second-order valence-corrected chi connectivity index (χ2v) is 6.65. The zero-order valence-electron chi connectivity index (χ0n) is 15.0. The highest BCUT2D eigenvalue weighted by Crippen LogP contribution is 2.25. The number of hydrogen-bond acceptors (Lipinski definition) is 4. The summed E-state index contributed by atoms with van der Waals surface area (Å²) in [6.45, 7) is 1.62. The lowest BCUT2D eigenvalue weighted by Gasteiger charge is -2.25. The van der Waals surface area contributed by atoms with Crippen LogP contribution in [0, 0.1) is 0 Å². The molecule has 3 rings (SSSR count). The van der Waals surface area contributed by atoms with Gasteiger partial charge in [0.1, 0.15) is 17.2 Å². The van der Waals surface area contributed by atoms with Gasteiger partial charge in [-0.1, -0.05) is 18.2 Å². The summed E-state index contributed by atoms with van der Waals surface area (Å²) >= 11 is 0. The van der Waals surface area contributed by atoms with Crippen LogP contribution in [0.1, 0.15) is 36.0 Å². The molecule has 1 fully saturated rings. The van der Waals surface area contributed by atoms with Gasteiger partial charge in [0.05, 0.1) is 0 Å². The van der Waals surface area contributed by atoms with Gasteiger partial charge in [-0.15, -0.1) is 0 Å². The van der Waals surface area contributed by atoms with E-state index in [0.717, 1.165) is 31.5 Å². The largest absolute Gasteiger partial charge is 0.508 e. The number of likely N-dealkylation sites (tertiary alicyclic amines) is 1. The highest BCUT2D eigenvalue weighted by atomic mass is 16.3. The van der Waals surface area contributed by atoms with Crippen LogP contribution in [-0.2, 0) is 4.79 Å². The van der Waals surface area contributed by atoms with E-state index in [9.17, 15) is 20.1 Å². The van der Waals surface area contributed by atoms with Crippen LogP contribution in [0.25, 0.3) is 18.2 Å². The molecule has 3 N–H and O–H groups in total. The predicted molar refractivity (Wildman–Crippen MR) is 106 cm³/mol. The number of aromatic hydroxyl groups is 3. The summed E-state index contributed by atoms with van der Waals surface area (Å²) in [5, 5.41) is 29.1. The van der Waals surface area contributed by atoms with E-state index in [-0.39, 0.29) is 23.2 Å². The molecule has 1 aliphatic heterocycles. The van der Waals surface area contributed by atoms with E-state index >= 15 is 0 Å². The van der Waals surface area contributed by atoms with Gasteiger partial charge >= 0.3 is 0 Å². The van der Waals surface area contributed by atoms with E-state index in [1.165, 1.54) is 24.6 Å². The summed E-state index contributed by atoms with van der Waals surface area (Å²) in [5.74, 6) is 0.0452. The number of nitrogens with zero attached hydrogens (tertiary/aromatic N) is 1. The van der Waals surface area contributed by atoms with Crippen molar-refractivity contribution in [2.75, 3.05) is 13.1 Å². The van der Waals surface area contributed by atoms with Crippen molar-refractivity contribution in [2.45, 2.75) is 19.3 Å². The van der Waals surface area contributed by atoms with Crippen molar-refractivity contribution < 1.29 is 20.1 Å². The third-order valence-corrected chi connectivity index (χ3v) is 4.52. The van der Waals surface area contributed by atoms with Crippen molar-refractivity contribution in [1.82, 2.24) is 4.90 Å². The molecule has 5 nitrogen and oxygen atoms in total. The highest BCUT2D eigenvalue weighted by Gasteiger charge is 2.13. The molecule has 1 saturated heterocycles. The number of benzene rings is 2. The summed E-state index contributed by atoms with van der Waals surface area (Å²) in [7, 11) is 0. The smallest absolute Gasteiger partial charge is 0.246 e. The number of phenolic OH excluding ortho intramolecular Hbond substituents is 3. The van der Waals surface area contributed by atoms with E-state index in [1.54, 1.807) is 42.5 Å². The first kappa shape index (κ1) is 18.6. The molecule has 1 aliphatic rings. The van der Waals surface area contributed by atoms with Crippen molar-refractivity contribution in [3.63, 3.8) is 0 Å². The van der Waals surface area contributed by atoms with Crippen molar-refractivity contribution in [3.8, 4) is 17.2 Å². The average molecular weight is 365 g/mol. The molecule has 0 aliphatic carbocycles. The molecule has 0 saturated carbocycles. The first-order valence-corrected chi connectivity index (χ1v) is 9.02. The summed E-state index contributed by atoms with van der Waals surface area (Å²) in [6.07, 6.45) is 9.97. The Hall–Kier alpha value is -3.21. The molecule has 0 unspecified atom stereocenters. The summed E-state index contributed by atoms with van der Waals surface area (Å²) < 4.78 is 0. The van der Waals surface area contributed by atoms with Crippen LogP contribution >= 0.6 is 0 Å². The number of rotatable bonds is 4. The molecular weight excluding hydrogens is 342 g/mol. The van der Waals surface area contributed by atoms with Crippen LogP contribution in [0.5, 0.6) is 17.2 Å². The number of amides is 1. The van der Waals surface area contributed by atoms with Crippen LogP contribution in [0.3, 0.4) is 0 Å². The van der Waals surface area contributed by atoms with Gasteiger partial charge in [0.2, 0.25) is 5.91 Å². The maximum atomic E-state index is 12.2. The van der Waals surface area contributed by atoms with E-state index < -0.39 is 0 Å². The molecule has 0 bridgehead atoms. The molecule has 0 aromatic heterocycles. The van der Waals surface area contributed by atoms with Crippen LogP contribution in [0.15, 0.2) is 42.5 Å². The Kier molecular flexibility index (Phi) is 5.81. The van der Waals surface area contributed by atoms with Crippen LogP contribution < -0.4 is 0 Å². The maximum Gasteiger partial charge on any atom is 0.246 e. The minimum Gasteiger partial charge on any atom is -0.508 e. The van der Waals surface area contributed by atoms with Crippen LogP contribution in [-0.4, -0.2) is 39.2 Å². The lowest BCUT2D eigenvalue weighted by Crippen LogP contribution is -2.34. The standard InChI is InChI=1S/C22H23NO4/c24-19-13-17(14-20(25)15-19)4-7-18-12-16(5-8-21(18)26)6-9-22(27)23-10-2-1-3-11-23/h4-9,12-15,24-26H,1-3,10-11H2/b7-4+,9-6+. The number of hydrogen-bond donors (Lipinski definition) is 3. The SMILES string of the molecule is O=C(/C=C/c1ccc(O)c(/C=C/c2cc(O)cc(O)c2)c1)N1CCCCC1. The molecular formula is C22H23NO4. The number of phenols is 3. The van der Waals surface area contributed by atoms with E-state index in [4.69, 9.17) is 0 Å². The summed E-state index contributed by atoms with van der Waals surface area (Å²) in [4.78, 5) is 14.1. The number of carbonyl (C=O) groups is 1. The topological polar surface area (TPSA) is 81.0 Å². The van der Waals surface area contributed by atoms with Crippen LogP contribution in [0.4, 0.5) is 0 Å². The number of piperidine rings is 1.